The van der Waals surface area contributed by atoms with E-state index in [-0.39, 0.29) is 0 Å². The maximum absolute atomic E-state index is 5.45. The zero-order valence-corrected chi connectivity index (χ0v) is 16.7. The van der Waals surface area contributed by atoms with E-state index in [1.165, 1.54) is 0 Å². The van der Waals surface area contributed by atoms with Gasteiger partial charge in [-0.3, -0.25) is 0 Å². The Hall–Kier alpha value is -2.93. The van der Waals surface area contributed by atoms with E-state index in [1.807, 2.05) is 49.4 Å². The first-order valence-electron chi connectivity index (χ1n) is 9.26. The van der Waals surface area contributed by atoms with Gasteiger partial charge in [0.25, 0.3) is 0 Å². The summed E-state index contributed by atoms with van der Waals surface area (Å²) in [5.74, 6) is 2.63. The van der Waals surface area contributed by atoms with Crippen molar-refractivity contribution in [3.8, 4) is 22.8 Å². The summed E-state index contributed by atoms with van der Waals surface area (Å²) >= 11 is 1.56. The minimum Gasteiger partial charge on any atom is -0.338 e. The van der Waals surface area contributed by atoms with Crippen LogP contribution in [0.2, 0.25) is 0 Å². The molecule has 0 N–H and O–H groups in total. The van der Waals surface area contributed by atoms with Gasteiger partial charge in [0.15, 0.2) is 11.0 Å². The number of aromatic nitrogens is 5. The Labute approximate surface area is 168 Å². The summed E-state index contributed by atoms with van der Waals surface area (Å²) < 4.78 is 7.60. The molecule has 0 aliphatic rings. The van der Waals surface area contributed by atoms with Crippen LogP contribution >= 0.6 is 11.8 Å². The van der Waals surface area contributed by atoms with Crippen molar-refractivity contribution in [1.82, 2.24) is 24.9 Å². The van der Waals surface area contributed by atoms with Crippen LogP contribution in [0.5, 0.6) is 0 Å². The van der Waals surface area contributed by atoms with Gasteiger partial charge in [-0.1, -0.05) is 78.4 Å². The lowest BCUT2D eigenvalue weighted by Gasteiger charge is -2.08. The van der Waals surface area contributed by atoms with E-state index in [4.69, 9.17) is 4.52 Å². The molecule has 4 aromatic rings. The van der Waals surface area contributed by atoms with E-state index in [0.717, 1.165) is 40.6 Å². The van der Waals surface area contributed by atoms with Gasteiger partial charge in [-0.2, -0.15) is 4.98 Å². The Bertz CT molecular complexity index is 1060. The molecule has 0 aliphatic carbocycles. The summed E-state index contributed by atoms with van der Waals surface area (Å²) in [5, 5.41) is 13.8. The van der Waals surface area contributed by atoms with Crippen molar-refractivity contribution in [2.75, 3.05) is 0 Å². The largest absolute Gasteiger partial charge is 0.338 e. The lowest BCUT2D eigenvalue weighted by atomic mass is 10.1. The first-order chi connectivity index (χ1) is 13.8. The number of hydrogen-bond acceptors (Lipinski definition) is 6. The van der Waals surface area contributed by atoms with Crippen molar-refractivity contribution in [3.05, 3.63) is 66.1 Å². The number of rotatable bonds is 7. The van der Waals surface area contributed by atoms with E-state index < -0.39 is 0 Å². The minimum atomic E-state index is 0.551. The molecule has 0 saturated carbocycles. The minimum absolute atomic E-state index is 0.551. The number of hydrogen-bond donors (Lipinski definition) is 0. The van der Waals surface area contributed by atoms with Gasteiger partial charge in [0.2, 0.25) is 11.7 Å². The van der Waals surface area contributed by atoms with Crippen molar-refractivity contribution in [2.24, 2.45) is 0 Å². The van der Waals surface area contributed by atoms with Gasteiger partial charge in [0, 0.05) is 17.7 Å². The summed E-state index contributed by atoms with van der Waals surface area (Å²) in [6.45, 7) is 5.05. The molecule has 2 heterocycles. The fourth-order valence-corrected chi connectivity index (χ4v) is 3.80. The predicted molar refractivity (Wildman–Crippen MR) is 110 cm³/mol. The molecule has 7 heteroatoms. The van der Waals surface area contributed by atoms with Gasteiger partial charge in [-0.05, 0) is 18.9 Å². The Morgan fingerprint density at radius 2 is 1.79 bits per heavy atom. The Morgan fingerprint density at radius 3 is 2.57 bits per heavy atom. The third-order valence-corrected chi connectivity index (χ3v) is 5.33. The average molecular weight is 392 g/mol. The van der Waals surface area contributed by atoms with Crippen molar-refractivity contribution < 1.29 is 4.52 Å². The third kappa shape index (κ3) is 3.84. The molecule has 0 saturated heterocycles. The Morgan fingerprint density at radius 1 is 1.00 bits per heavy atom. The van der Waals surface area contributed by atoms with E-state index in [1.54, 1.807) is 11.8 Å². The Balaban J connectivity index is 1.53. The highest BCUT2D eigenvalue weighted by atomic mass is 32.2. The number of benzene rings is 2. The quantitative estimate of drug-likeness (QED) is 0.413. The average Bonchev–Trinajstić information content (AvgIpc) is 3.35. The maximum Gasteiger partial charge on any atom is 0.237 e. The molecule has 28 heavy (non-hydrogen) atoms. The maximum atomic E-state index is 5.45. The van der Waals surface area contributed by atoms with Crippen LogP contribution in [0.15, 0.2) is 64.3 Å². The topological polar surface area (TPSA) is 69.6 Å². The van der Waals surface area contributed by atoms with Gasteiger partial charge >= 0.3 is 0 Å². The number of thioether (sulfide) groups is 1. The zero-order chi connectivity index (χ0) is 19.3. The molecular formula is C21H21N5OS. The fourth-order valence-electron chi connectivity index (χ4n) is 2.99. The first kappa shape index (κ1) is 18.4. The van der Waals surface area contributed by atoms with Gasteiger partial charge < -0.3 is 9.09 Å². The van der Waals surface area contributed by atoms with Crippen molar-refractivity contribution in [3.63, 3.8) is 0 Å². The molecule has 2 aromatic carbocycles. The smallest absolute Gasteiger partial charge is 0.237 e. The zero-order valence-electron chi connectivity index (χ0n) is 15.9. The number of aryl methyl sites for hydroxylation is 1. The van der Waals surface area contributed by atoms with Crippen molar-refractivity contribution in [1.29, 1.82) is 0 Å². The second kappa shape index (κ2) is 8.39. The predicted octanol–water partition coefficient (Wildman–Crippen LogP) is 5.01. The second-order valence-corrected chi connectivity index (χ2v) is 7.38. The molecule has 0 aliphatic heterocycles. The fraction of sp³-hybridized carbons (Fsp3) is 0.238. The van der Waals surface area contributed by atoms with E-state index in [2.05, 4.69) is 44.0 Å². The number of nitrogens with zero attached hydrogens (tertiary/aromatic N) is 5. The second-order valence-electron chi connectivity index (χ2n) is 6.44. The molecule has 0 spiro atoms. The summed E-state index contributed by atoms with van der Waals surface area (Å²) in [6, 6.07) is 18.2. The molecule has 142 valence electrons. The summed E-state index contributed by atoms with van der Waals surface area (Å²) in [6.07, 6.45) is 1.00. The first-order valence-corrected chi connectivity index (χ1v) is 10.2. The van der Waals surface area contributed by atoms with Gasteiger partial charge in [0.1, 0.15) is 0 Å². The molecule has 0 bridgehead atoms. The molecule has 2 aromatic heterocycles. The normalized spacial score (nSPS) is 11.1. The van der Waals surface area contributed by atoms with Crippen LogP contribution in [0.3, 0.4) is 0 Å². The molecule has 0 amide bonds. The van der Waals surface area contributed by atoms with Crippen molar-refractivity contribution >= 4 is 11.8 Å². The monoisotopic (exact) mass is 391 g/mol. The molecular weight excluding hydrogens is 370 g/mol. The molecule has 0 fully saturated rings. The summed E-state index contributed by atoms with van der Waals surface area (Å²) in [5.41, 5.74) is 3.18. The van der Waals surface area contributed by atoms with Crippen LogP contribution in [-0.4, -0.2) is 24.9 Å². The highest BCUT2D eigenvalue weighted by molar-refractivity contribution is 7.98. The van der Waals surface area contributed by atoms with Gasteiger partial charge in [0.05, 0.1) is 5.75 Å². The molecule has 4 rings (SSSR count). The highest BCUT2D eigenvalue weighted by Crippen LogP contribution is 2.27. The summed E-state index contributed by atoms with van der Waals surface area (Å²) in [7, 11) is 0. The van der Waals surface area contributed by atoms with E-state index in [9.17, 15) is 0 Å². The summed E-state index contributed by atoms with van der Waals surface area (Å²) in [4.78, 5) is 4.54. The molecule has 0 atom stereocenters. The lowest BCUT2D eigenvalue weighted by molar-refractivity contribution is 0.391. The van der Waals surface area contributed by atoms with E-state index >= 15 is 0 Å². The van der Waals surface area contributed by atoms with Gasteiger partial charge in [-0.15, -0.1) is 10.2 Å². The standard InChI is InChI=1S/C21H21N5OS/c1-3-13-26-20(16-10-5-4-6-11-16)23-24-21(26)28-14-18-22-19(25-27-18)17-12-8-7-9-15(17)2/h4-12H,3,13-14H2,1-2H3. The SMILES string of the molecule is CCCn1c(SCc2nc(-c3ccccc3C)no2)nnc1-c1ccccc1. The third-order valence-electron chi connectivity index (χ3n) is 4.37. The van der Waals surface area contributed by atoms with Crippen LogP contribution < -0.4 is 0 Å². The van der Waals surface area contributed by atoms with E-state index in [0.29, 0.717) is 17.5 Å². The van der Waals surface area contributed by atoms with Gasteiger partial charge in [-0.25, -0.2) is 0 Å². The van der Waals surface area contributed by atoms with Crippen LogP contribution in [0.25, 0.3) is 22.8 Å². The molecule has 0 unspecified atom stereocenters. The Kier molecular flexibility index (Phi) is 5.53. The van der Waals surface area contributed by atoms with Crippen LogP contribution in [0, 0.1) is 6.92 Å². The van der Waals surface area contributed by atoms with Crippen LogP contribution in [0.4, 0.5) is 0 Å². The molecule has 0 radical (unpaired) electrons. The lowest BCUT2D eigenvalue weighted by Crippen LogP contribution is -2.02. The van der Waals surface area contributed by atoms with Crippen molar-refractivity contribution in [2.45, 2.75) is 37.7 Å². The highest BCUT2D eigenvalue weighted by Gasteiger charge is 2.16. The molecule has 6 nitrogen and oxygen atoms in total. The van der Waals surface area contributed by atoms with Crippen LogP contribution in [-0.2, 0) is 12.3 Å². The van der Waals surface area contributed by atoms with Crippen LogP contribution in [0.1, 0.15) is 24.8 Å².